The van der Waals surface area contributed by atoms with E-state index in [-0.39, 0.29) is 11.4 Å². The van der Waals surface area contributed by atoms with Crippen LogP contribution in [0.15, 0.2) is 72.4 Å². The molecule has 0 atom stereocenters. The van der Waals surface area contributed by atoms with E-state index in [2.05, 4.69) is 10.6 Å². The summed E-state index contributed by atoms with van der Waals surface area (Å²) in [6, 6.07) is 12.5. The van der Waals surface area contributed by atoms with E-state index >= 15 is 0 Å². The van der Waals surface area contributed by atoms with E-state index in [1.807, 2.05) is 30.3 Å². The lowest BCUT2D eigenvalue weighted by molar-refractivity contribution is -0.137. The minimum Gasteiger partial charge on any atom is -0.325 e. The number of alkyl halides is 3. The molecule has 4 amide bonds. The molecular weight excluding hydrogens is 399 g/mol. The van der Waals surface area contributed by atoms with Crippen molar-refractivity contribution in [3.05, 3.63) is 83.6 Å². The fourth-order valence-corrected chi connectivity index (χ4v) is 2.67. The van der Waals surface area contributed by atoms with Gasteiger partial charge in [0.25, 0.3) is 5.91 Å². The van der Waals surface area contributed by atoms with Gasteiger partial charge in [0.1, 0.15) is 12.2 Å². The average Bonchev–Trinajstić information content (AvgIpc) is 2.96. The number of hydrogen-bond donors (Lipinski definition) is 2. The van der Waals surface area contributed by atoms with Crippen LogP contribution in [0, 0.1) is 0 Å². The number of urea groups is 1. The van der Waals surface area contributed by atoms with E-state index < -0.39 is 36.1 Å². The van der Waals surface area contributed by atoms with Gasteiger partial charge in [0.05, 0.1) is 5.56 Å². The van der Waals surface area contributed by atoms with Crippen LogP contribution in [-0.2, 0) is 15.8 Å². The second kappa shape index (κ2) is 8.64. The lowest BCUT2D eigenvalue weighted by atomic mass is 10.2. The second-order valence-electron chi connectivity index (χ2n) is 6.30. The summed E-state index contributed by atoms with van der Waals surface area (Å²) in [5.74, 6) is -1.52. The first kappa shape index (κ1) is 20.8. The van der Waals surface area contributed by atoms with Gasteiger partial charge in [0.2, 0.25) is 5.91 Å². The van der Waals surface area contributed by atoms with Crippen LogP contribution < -0.4 is 10.6 Å². The van der Waals surface area contributed by atoms with Crippen molar-refractivity contribution in [2.24, 2.45) is 0 Å². The highest BCUT2D eigenvalue weighted by Crippen LogP contribution is 2.30. The number of halogens is 3. The number of amides is 4. The number of anilines is 1. The zero-order valence-electron chi connectivity index (χ0n) is 15.4. The Morgan fingerprint density at radius 3 is 2.50 bits per heavy atom. The molecule has 3 rings (SSSR count). The number of nitrogens with one attached hydrogen (secondary N) is 2. The molecule has 0 spiro atoms. The van der Waals surface area contributed by atoms with Crippen LogP contribution in [0.5, 0.6) is 0 Å². The predicted octanol–water partition coefficient (Wildman–Crippen LogP) is 3.79. The largest absolute Gasteiger partial charge is 0.416 e. The maximum atomic E-state index is 12.8. The zero-order valence-corrected chi connectivity index (χ0v) is 15.4. The minimum atomic E-state index is -4.56. The highest BCUT2D eigenvalue weighted by molar-refractivity contribution is 6.14. The number of imide groups is 1. The molecule has 0 saturated carbocycles. The van der Waals surface area contributed by atoms with Crippen molar-refractivity contribution >= 4 is 29.6 Å². The summed E-state index contributed by atoms with van der Waals surface area (Å²) in [5.41, 5.74) is -0.142. The van der Waals surface area contributed by atoms with E-state index in [0.717, 1.165) is 23.8 Å². The molecule has 0 aromatic heterocycles. The van der Waals surface area contributed by atoms with Crippen molar-refractivity contribution in [2.75, 3.05) is 11.9 Å². The molecule has 30 heavy (non-hydrogen) atoms. The number of nitrogens with zero attached hydrogens (tertiary/aromatic N) is 1. The molecule has 1 saturated heterocycles. The summed E-state index contributed by atoms with van der Waals surface area (Å²) in [7, 11) is 0. The van der Waals surface area contributed by atoms with Gasteiger partial charge >= 0.3 is 12.2 Å². The number of carbonyl (C=O) groups is 3. The lowest BCUT2D eigenvalue weighted by Crippen LogP contribution is -2.38. The maximum Gasteiger partial charge on any atom is 0.416 e. The Balaban J connectivity index is 1.63. The molecular formula is C21H16F3N3O3. The van der Waals surface area contributed by atoms with Crippen LogP contribution in [0.3, 0.4) is 0 Å². The van der Waals surface area contributed by atoms with Gasteiger partial charge in [0, 0.05) is 5.69 Å². The zero-order chi connectivity index (χ0) is 21.7. The van der Waals surface area contributed by atoms with Crippen molar-refractivity contribution < 1.29 is 27.6 Å². The Bertz CT molecular complexity index is 1030. The van der Waals surface area contributed by atoms with Crippen molar-refractivity contribution in [2.45, 2.75) is 6.18 Å². The molecule has 1 aliphatic heterocycles. The Kier molecular flexibility index (Phi) is 6.01. The third kappa shape index (κ3) is 5.13. The molecule has 6 nitrogen and oxygen atoms in total. The maximum absolute atomic E-state index is 12.8. The van der Waals surface area contributed by atoms with Crippen LogP contribution in [0.2, 0.25) is 0 Å². The number of hydrogen-bond acceptors (Lipinski definition) is 3. The lowest BCUT2D eigenvalue weighted by Gasteiger charge is -2.13. The first-order valence-corrected chi connectivity index (χ1v) is 8.77. The molecule has 0 aliphatic carbocycles. The number of allylic oxidation sites excluding steroid dienone is 2. The van der Waals surface area contributed by atoms with Gasteiger partial charge in [-0.3, -0.25) is 9.59 Å². The molecule has 2 aromatic rings. The van der Waals surface area contributed by atoms with Crippen LogP contribution in [0.1, 0.15) is 11.1 Å². The van der Waals surface area contributed by atoms with Gasteiger partial charge in [-0.15, -0.1) is 0 Å². The van der Waals surface area contributed by atoms with Crippen molar-refractivity contribution in [1.29, 1.82) is 0 Å². The van der Waals surface area contributed by atoms with Gasteiger partial charge in [-0.1, -0.05) is 48.6 Å². The fourth-order valence-electron chi connectivity index (χ4n) is 2.67. The first-order valence-electron chi connectivity index (χ1n) is 8.77. The van der Waals surface area contributed by atoms with Gasteiger partial charge in [-0.2, -0.15) is 13.2 Å². The van der Waals surface area contributed by atoms with E-state index in [1.54, 1.807) is 12.2 Å². The van der Waals surface area contributed by atoms with Crippen LogP contribution in [0.25, 0.3) is 6.08 Å². The Morgan fingerprint density at radius 2 is 1.80 bits per heavy atom. The van der Waals surface area contributed by atoms with Gasteiger partial charge < -0.3 is 10.6 Å². The fraction of sp³-hybridized carbons (Fsp3) is 0.0952. The summed E-state index contributed by atoms with van der Waals surface area (Å²) in [6.07, 6.45) is 0.154. The number of carbonyl (C=O) groups excluding carboxylic acids is 3. The SMILES string of the molecule is O=C(CN1C(=O)NC(=CC=Cc2ccccc2)C1=O)Nc1cccc(C(F)(F)F)c1. The van der Waals surface area contributed by atoms with Crippen LogP contribution in [0.4, 0.5) is 23.7 Å². The summed E-state index contributed by atoms with van der Waals surface area (Å²) in [4.78, 5) is 37.1. The smallest absolute Gasteiger partial charge is 0.325 e. The van der Waals surface area contributed by atoms with Crippen LogP contribution >= 0.6 is 0 Å². The summed E-state index contributed by atoms with van der Waals surface area (Å²) >= 11 is 0. The third-order valence-corrected chi connectivity index (χ3v) is 4.09. The monoisotopic (exact) mass is 415 g/mol. The predicted molar refractivity (Wildman–Crippen MR) is 104 cm³/mol. The average molecular weight is 415 g/mol. The van der Waals surface area contributed by atoms with E-state index in [1.165, 1.54) is 12.1 Å². The molecule has 2 aromatic carbocycles. The van der Waals surface area contributed by atoms with Crippen molar-refractivity contribution in [1.82, 2.24) is 10.2 Å². The standard InChI is InChI=1S/C21H16F3N3O3/c22-21(23,24)15-9-5-10-16(12-15)25-18(28)13-27-19(29)17(26-20(27)30)11-4-8-14-6-2-1-3-7-14/h1-12H,13H2,(H,25,28)(H,26,30). The first-order chi connectivity index (χ1) is 14.2. The Hall–Kier alpha value is -3.88. The number of benzene rings is 2. The van der Waals surface area contributed by atoms with Crippen molar-refractivity contribution in [3.8, 4) is 0 Å². The molecule has 154 valence electrons. The molecule has 9 heteroatoms. The molecule has 1 fully saturated rings. The molecule has 2 N–H and O–H groups in total. The van der Waals surface area contributed by atoms with E-state index in [0.29, 0.717) is 4.90 Å². The van der Waals surface area contributed by atoms with Crippen molar-refractivity contribution in [3.63, 3.8) is 0 Å². The molecule has 0 radical (unpaired) electrons. The van der Waals surface area contributed by atoms with Gasteiger partial charge in [-0.05, 0) is 29.8 Å². The summed E-state index contributed by atoms with van der Waals surface area (Å²) in [5, 5.41) is 4.61. The van der Waals surface area contributed by atoms with Gasteiger partial charge in [-0.25, -0.2) is 9.69 Å². The highest BCUT2D eigenvalue weighted by Gasteiger charge is 2.35. The molecule has 1 aliphatic rings. The number of rotatable bonds is 5. The third-order valence-electron chi connectivity index (χ3n) is 4.09. The summed E-state index contributed by atoms with van der Waals surface area (Å²) < 4.78 is 38.3. The second-order valence-corrected chi connectivity index (χ2v) is 6.30. The topological polar surface area (TPSA) is 78.5 Å². The van der Waals surface area contributed by atoms with E-state index in [9.17, 15) is 27.6 Å². The summed E-state index contributed by atoms with van der Waals surface area (Å²) in [6.45, 7) is -0.638. The molecule has 0 unspecified atom stereocenters. The Morgan fingerprint density at radius 1 is 1.07 bits per heavy atom. The quantitative estimate of drug-likeness (QED) is 0.576. The normalized spacial score (nSPS) is 15.7. The van der Waals surface area contributed by atoms with E-state index in [4.69, 9.17) is 0 Å². The Labute approximate surface area is 169 Å². The highest BCUT2D eigenvalue weighted by atomic mass is 19.4. The molecule has 1 heterocycles. The van der Waals surface area contributed by atoms with Crippen LogP contribution in [-0.4, -0.2) is 29.3 Å². The minimum absolute atomic E-state index is 0.0148. The van der Waals surface area contributed by atoms with Gasteiger partial charge in [0.15, 0.2) is 0 Å². The molecule has 0 bridgehead atoms.